The van der Waals surface area contributed by atoms with Crippen LogP contribution in [-0.4, -0.2) is 150 Å². The summed E-state index contributed by atoms with van der Waals surface area (Å²) in [6.45, 7) is -1.85. The summed E-state index contributed by atoms with van der Waals surface area (Å²) in [5.74, 6) is -2.65. The molecule has 5 heterocycles. The molecule has 89 heavy (non-hydrogen) atoms. The molecule has 0 saturated carbocycles. The predicted molar refractivity (Wildman–Crippen MR) is 309 cm³/mol. The monoisotopic (exact) mass is 1420 g/mol. The second-order valence-corrected chi connectivity index (χ2v) is 31.4. The molecule has 0 atom stereocenters. The SMILES string of the molecule is O=S(=O)(O)OCCS(=O)(=O)c1ccc(NS(=O)(=O)c2ccc3c(c2)-c2nc-3nc3[nH]c(nc4nc(nc5[nH]c(n2)c2ccc(S(=O)(=O)Nc6ccc(S(=O)(=O)CCOS(=O)(=O)O)cc6)cc52)-c2ccc(S(=O)(=O)O)cc2-4)c2ccc(S(=O)(=O)O)cc32)cc1.[Ni]. The molecule has 0 fully saturated rings. The van der Waals surface area contributed by atoms with Crippen LogP contribution in [0.4, 0.5) is 11.4 Å². The van der Waals surface area contributed by atoms with E-state index >= 15 is 0 Å². The molecule has 0 spiro atoms. The van der Waals surface area contributed by atoms with Crippen molar-refractivity contribution in [3.05, 3.63) is 121 Å². The number of nitrogens with zero attached hydrogens (tertiary/aromatic N) is 6. The van der Waals surface area contributed by atoms with Gasteiger partial charge in [-0.15, -0.1) is 0 Å². The molecule has 468 valence electrons. The molecule has 0 saturated heterocycles. The number of benzene rings is 6. The number of sulfone groups is 2. The Kier molecular flexibility index (Phi) is 16.5. The number of H-pyrrole nitrogens is 2. The number of fused-ring (bicyclic) bond motifs is 20. The van der Waals surface area contributed by atoms with E-state index in [0.717, 1.165) is 91.0 Å². The van der Waals surface area contributed by atoms with Gasteiger partial charge in [0.05, 0.1) is 54.1 Å². The Bertz CT molecular complexity index is 5650. The first kappa shape index (κ1) is 64.1. The van der Waals surface area contributed by atoms with Gasteiger partial charge in [0.15, 0.2) is 43.0 Å². The zero-order valence-corrected chi connectivity index (χ0v) is 51.3. The van der Waals surface area contributed by atoms with Crippen LogP contribution in [0.2, 0.25) is 0 Å². The molecule has 0 aliphatic carbocycles. The van der Waals surface area contributed by atoms with E-state index in [4.69, 9.17) is 24.1 Å². The van der Waals surface area contributed by atoms with Gasteiger partial charge < -0.3 is 9.97 Å². The molecule has 8 N–H and O–H groups in total. The summed E-state index contributed by atoms with van der Waals surface area (Å²) in [6.07, 6.45) is 0. The smallest absolute Gasteiger partial charge is 0.324 e. The van der Waals surface area contributed by atoms with Crippen LogP contribution < -0.4 is 9.44 Å². The topological polar surface area (TPSA) is 505 Å². The summed E-state index contributed by atoms with van der Waals surface area (Å²) in [5.41, 5.74) is -0.665. The Hall–Kier alpha value is -7.87. The van der Waals surface area contributed by atoms with Crippen molar-refractivity contribution < 1.29 is 110 Å². The Labute approximate surface area is 513 Å². The molecule has 0 unspecified atom stereocenters. The van der Waals surface area contributed by atoms with Crippen molar-refractivity contribution in [1.29, 1.82) is 0 Å². The Morgan fingerprint density at radius 1 is 0.348 bits per heavy atom. The first-order chi connectivity index (χ1) is 41.0. The molecule has 0 amide bonds. The van der Waals surface area contributed by atoms with Crippen molar-refractivity contribution >= 4 is 136 Å². The van der Waals surface area contributed by atoms with Crippen molar-refractivity contribution in [2.45, 2.75) is 29.4 Å². The number of hydrogen-bond acceptors (Lipinski definition) is 24. The fourth-order valence-corrected chi connectivity index (χ4v) is 15.1. The van der Waals surface area contributed by atoms with Crippen molar-refractivity contribution in [3.8, 4) is 45.6 Å². The van der Waals surface area contributed by atoms with Crippen LogP contribution in [0.1, 0.15) is 0 Å². The van der Waals surface area contributed by atoms with Crippen LogP contribution >= 0.6 is 0 Å². The van der Waals surface area contributed by atoms with Gasteiger partial charge in [-0.3, -0.25) is 27.7 Å². The summed E-state index contributed by atoms with van der Waals surface area (Å²) in [4.78, 5) is 31.5. The quantitative estimate of drug-likeness (QED) is 0.0442. The van der Waals surface area contributed by atoms with Crippen molar-refractivity contribution in [2.24, 2.45) is 0 Å². The Morgan fingerprint density at radius 2 is 0.652 bits per heavy atom. The van der Waals surface area contributed by atoms with Crippen LogP contribution in [0, 0.1) is 0 Å². The van der Waals surface area contributed by atoms with Crippen molar-refractivity contribution in [3.63, 3.8) is 0 Å². The minimum atomic E-state index is -4.95. The molecule has 41 heteroatoms. The van der Waals surface area contributed by atoms with E-state index in [1.807, 2.05) is 0 Å². The average molecular weight is 1420 g/mol. The number of aromatic amines is 2. The zero-order valence-electron chi connectivity index (χ0n) is 43.8. The van der Waals surface area contributed by atoms with E-state index in [9.17, 15) is 76.4 Å². The molecule has 6 aromatic carbocycles. The first-order valence-electron chi connectivity index (χ1n) is 24.3. The largest absolute Gasteiger partial charge is 0.397 e. The van der Waals surface area contributed by atoms with Crippen LogP contribution in [0.25, 0.3) is 89.7 Å². The number of nitrogens with one attached hydrogen (secondary N) is 4. The summed E-state index contributed by atoms with van der Waals surface area (Å²) in [7, 11) is -37.3. The van der Waals surface area contributed by atoms with Crippen LogP contribution in [0.15, 0.2) is 151 Å². The molecule has 2 aliphatic heterocycles. The molecular weight excluding hydrogens is 1380 g/mol. The third-order valence-corrected chi connectivity index (χ3v) is 21.8. The van der Waals surface area contributed by atoms with Crippen molar-refractivity contribution in [2.75, 3.05) is 34.2 Å². The molecule has 2 aliphatic rings. The molecule has 3 aromatic heterocycles. The maximum atomic E-state index is 14.2. The van der Waals surface area contributed by atoms with E-state index in [-0.39, 0.29) is 127 Å². The average Bonchev–Trinajstić information content (AvgIpc) is 2.14. The summed E-state index contributed by atoms with van der Waals surface area (Å²) in [6, 6.07) is 22.5. The minimum absolute atomic E-state index is 0. The minimum Gasteiger partial charge on any atom is -0.324 e. The van der Waals surface area contributed by atoms with Gasteiger partial charge in [-0.05, 0) is 121 Å². The van der Waals surface area contributed by atoms with Gasteiger partial charge in [-0.1, -0.05) is 0 Å². The van der Waals surface area contributed by atoms with Gasteiger partial charge >= 0.3 is 20.8 Å². The standard InChI is InChI=1S/C48H36N10O22S8.Ni/c59-81(60,19-17-79-87(73,74)75)27-5-1-25(2-6-27)57-83(63,64)29-9-13-33-37(21-29)46-50-41(33)49-45-38-22-30(84(65,66)58-26-3-7-28(8-4-26)82(61,62)20-18-80-88(76,77)78)10-14-34(38)42(51-45)53-47-40-24-32(86(70,71)72)12-16-36(40)44(55-47)56-48-39-23-31(85(67,68)69)11-15-35(39)43(52-46)54-48;/h1-16,21-24,57-58H,17-20H2,(H,67,68,69)(H,70,71,72)(H,73,74,75)(H,76,77,78)(H2,49,50,51,52,53,54,55,56);. The maximum Gasteiger partial charge on any atom is 0.397 e. The van der Waals surface area contributed by atoms with Crippen LogP contribution in [0.5, 0.6) is 0 Å². The number of hydrogen-bond donors (Lipinski definition) is 8. The molecule has 9 aromatic rings. The van der Waals surface area contributed by atoms with Gasteiger partial charge in [-0.2, -0.15) is 33.7 Å². The summed E-state index contributed by atoms with van der Waals surface area (Å²) in [5, 5.41) is 0.279. The Balaban J connectivity index is 0.00000873. The zero-order chi connectivity index (χ0) is 63.3. The fourth-order valence-electron chi connectivity index (χ4n) is 8.99. The fraction of sp³-hybridized carbons (Fsp3) is 0.0833. The molecule has 0 radical (unpaired) electrons. The van der Waals surface area contributed by atoms with Crippen LogP contribution in [0.3, 0.4) is 0 Å². The molecule has 8 bridgehead atoms. The van der Waals surface area contributed by atoms with Gasteiger partial charge in [0.1, 0.15) is 22.6 Å². The maximum absolute atomic E-state index is 14.2. The predicted octanol–water partition coefficient (Wildman–Crippen LogP) is 4.15. The molecule has 32 nitrogen and oxygen atoms in total. The van der Waals surface area contributed by atoms with Gasteiger partial charge in [0.2, 0.25) is 0 Å². The van der Waals surface area contributed by atoms with E-state index < -0.39 is 125 Å². The third-order valence-electron chi connectivity index (χ3n) is 13.0. The normalized spacial score (nSPS) is 13.2. The van der Waals surface area contributed by atoms with E-state index in [2.05, 4.69) is 42.7 Å². The van der Waals surface area contributed by atoms with Gasteiger partial charge in [-0.25, -0.2) is 71.9 Å². The second-order valence-electron chi connectivity index (χ2n) is 18.8. The molecular formula is C48H36N10NiO22S8. The number of sulfonamides is 2. The van der Waals surface area contributed by atoms with E-state index in [0.29, 0.717) is 0 Å². The van der Waals surface area contributed by atoms with E-state index in [1.54, 1.807) is 0 Å². The molecule has 11 rings (SSSR count). The van der Waals surface area contributed by atoms with Gasteiger partial charge in [0, 0.05) is 71.7 Å². The van der Waals surface area contributed by atoms with Crippen molar-refractivity contribution in [1.82, 2.24) is 39.9 Å². The van der Waals surface area contributed by atoms with E-state index in [1.165, 1.54) is 30.3 Å². The third kappa shape index (κ3) is 13.5. The van der Waals surface area contributed by atoms with Crippen LogP contribution in [-0.2, 0) is 106 Å². The number of anilines is 2. The Morgan fingerprint density at radius 3 is 1.04 bits per heavy atom. The van der Waals surface area contributed by atoms with Gasteiger partial charge in [0.25, 0.3) is 40.3 Å². The number of rotatable bonds is 18. The second kappa shape index (κ2) is 22.9. The first-order valence-corrected chi connectivity index (χ1v) is 36.2. The summed E-state index contributed by atoms with van der Waals surface area (Å²) >= 11 is 0. The summed E-state index contributed by atoms with van der Waals surface area (Å²) < 4.78 is 253. The number of aromatic nitrogens is 8.